The maximum absolute atomic E-state index is 12.8. The summed E-state index contributed by atoms with van der Waals surface area (Å²) in [6.07, 6.45) is -1.26. The van der Waals surface area contributed by atoms with Crippen LogP contribution in [0.2, 0.25) is 0 Å². The molecule has 1 atom stereocenters. The molecular formula is C20H21N3O5. The number of hydrogen-bond donors (Lipinski definition) is 2. The lowest BCUT2D eigenvalue weighted by Gasteiger charge is -2.19. The zero-order valence-electron chi connectivity index (χ0n) is 15.5. The predicted molar refractivity (Wildman–Crippen MR) is 101 cm³/mol. The van der Waals surface area contributed by atoms with Gasteiger partial charge in [-0.15, -0.1) is 0 Å². The number of esters is 1. The zero-order valence-corrected chi connectivity index (χ0v) is 15.5. The molecule has 4 amide bonds. The number of rotatable bonds is 6. The number of primary amides is 1. The van der Waals surface area contributed by atoms with E-state index < -0.39 is 24.0 Å². The average molecular weight is 383 g/mol. The van der Waals surface area contributed by atoms with Crippen molar-refractivity contribution in [1.29, 1.82) is 0 Å². The molecule has 2 aromatic rings. The van der Waals surface area contributed by atoms with Crippen molar-refractivity contribution >= 4 is 23.8 Å². The van der Waals surface area contributed by atoms with E-state index in [0.717, 1.165) is 5.56 Å². The average Bonchev–Trinajstić information content (AvgIpc) is 2.67. The van der Waals surface area contributed by atoms with Crippen molar-refractivity contribution in [3.8, 4) is 0 Å². The monoisotopic (exact) mass is 383 g/mol. The van der Waals surface area contributed by atoms with Crippen LogP contribution in [0.5, 0.6) is 0 Å². The summed E-state index contributed by atoms with van der Waals surface area (Å²) in [6.45, 7) is 1.66. The van der Waals surface area contributed by atoms with Gasteiger partial charge >= 0.3 is 12.0 Å². The SMILES string of the molecule is CC(OC(=O)c1ccccc1C(=O)N(C)Cc1ccccc1)C(=O)NC(N)=O. The van der Waals surface area contributed by atoms with Gasteiger partial charge in [0.15, 0.2) is 6.10 Å². The van der Waals surface area contributed by atoms with Gasteiger partial charge in [0.25, 0.3) is 11.8 Å². The van der Waals surface area contributed by atoms with E-state index in [1.54, 1.807) is 19.2 Å². The normalized spacial score (nSPS) is 11.2. The quantitative estimate of drug-likeness (QED) is 0.736. The van der Waals surface area contributed by atoms with Gasteiger partial charge in [0.05, 0.1) is 11.1 Å². The van der Waals surface area contributed by atoms with E-state index in [1.165, 1.54) is 24.0 Å². The Kier molecular flexibility index (Phi) is 6.86. The van der Waals surface area contributed by atoms with Gasteiger partial charge in [0.2, 0.25) is 0 Å². The molecule has 0 radical (unpaired) electrons. The van der Waals surface area contributed by atoms with Gasteiger partial charge in [0, 0.05) is 13.6 Å². The lowest BCUT2D eigenvalue weighted by Crippen LogP contribution is -2.42. The van der Waals surface area contributed by atoms with E-state index in [1.807, 2.05) is 35.6 Å². The molecule has 0 fully saturated rings. The van der Waals surface area contributed by atoms with Crippen molar-refractivity contribution in [2.45, 2.75) is 19.6 Å². The summed E-state index contributed by atoms with van der Waals surface area (Å²) in [4.78, 5) is 49.2. The summed E-state index contributed by atoms with van der Waals surface area (Å²) < 4.78 is 5.06. The molecule has 3 N–H and O–H groups in total. The molecule has 0 saturated carbocycles. The number of nitrogens with zero attached hydrogens (tertiary/aromatic N) is 1. The van der Waals surface area contributed by atoms with Crippen molar-refractivity contribution in [2.75, 3.05) is 7.05 Å². The highest BCUT2D eigenvalue weighted by Crippen LogP contribution is 2.15. The number of imide groups is 1. The molecule has 0 aromatic heterocycles. The third kappa shape index (κ3) is 5.41. The highest BCUT2D eigenvalue weighted by Gasteiger charge is 2.24. The van der Waals surface area contributed by atoms with Gasteiger partial charge in [-0.2, -0.15) is 0 Å². The van der Waals surface area contributed by atoms with Crippen LogP contribution in [-0.2, 0) is 16.1 Å². The lowest BCUT2D eigenvalue weighted by molar-refractivity contribution is -0.127. The molecule has 0 heterocycles. The van der Waals surface area contributed by atoms with Crippen molar-refractivity contribution in [3.05, 3.63) is 71.3 Å². The number of amides is 4. The molecule has 1 unspecified atom stereocenters. The van der Waals surface area contributed by atoms with E-state index in [2.05, 4.69) is 0 Å². The number of benzene rings is 2. The molecule has 0 aliphatic rings. The smallest absolute Gasteiger partial charge is 0.339 e. The molecule has 8 heteroatoms. The number of nitrogens with one attached hydrogen (secondary N) is 1. The van der Waals surface area contributed by atoms with Crippen LogP contribution in [-0.4, -0.2) is 41.9 Å². The first-order valence-corrected chi connectivity index (χ1v) is 8.49. The van der Waals surface area contributed by atoms with Crippen LogP contribution in [0.3, 0.4) is 0 Å². The molecule has 0 bridgehead atoms. The van der Waals surface area contributed by atoms with Crippen LogP contribution in [0.1, 0.15) is 33.2 Å². The molecule has 0 saturated heterocycles. The summed E-state index contributed by atoms with van der Waals surface area (Å²) in [5, 5.41) is 1.83. The molecule has 2 aromatic carbocycles. The van der Waals surface area contributed by atoms with E-state index in [9.17, 15) is 19.2 Å². The number of carbonyl (C=O) groups excluding carboxylic acids is 4. The van der Waals surface area contributed by atoms with Crippen LogP contribution in [0.15, 0.2) is 54.6 Å². The van der Waals surface area contributed by atoms with Crippen molar-refractivity contribution in [1.82, 2.24) is 10.2 Å². The maximum atomic E-state index is 12.8. The minimum atomic E-state index is -1.26. The molecular weight excluding hydrogens is 362 g/mol. The Morgan fingerprint density at radius 1 is 1.00 bits per heavy atom. The second-order valence-corrected chi connectivity index (χ2v) is 6.09. The van der Waals surface area contributed by atoms with Crippen LogP contribution < -0.4 is 11.1 Å². The number of hydrogen-bond acceptors (Lipinski definition) is 5. The maximum Gasteiger partial charge on any atom is 0.339 e. The van der Waals surface area contributed by atoms with E-state index >= 15 is 0 Å². The fraction of sp³-hybridized carbons (Fsp3) is 0.200. The number of carbonyl (C=O) groups is 4. The summed E-state index contributed by atoms with van der Waals surface area (Å²) in [7, 11) is 1.63. The van der Waals surface area contributed by atoms with E-state index in [-0.39, 0.29) is 17.0 Å². The van der Waals surface area contributed by atoms with Crippen molar-refractivity contribution in [2.24, 2.45) is 5.73 Å². The Balaban J connectivity index is 2.15. The van der Waals surface area contributed by atoms with Crippen molar-refractivity contribution < 1.29 is 23.9 Å². The second kappa shape index (κ2) is 9.31. The van der Waals surface area contributed by atoms with Gasteiger partial charge in [-0.05, 0) is 24.6 Å². The Morgan fingerprint density at radius 3 is 2.18 bits per heavy atom. The van der Waals surface area contributed by atoms with E-state index in [4.69, 9.17) is 10.5 Å². The number of nitrogens with two attached hydrogens (primary N) is 1. The highest BCUT2D eigenvalue weighted by molar-refractivity contribution is 6.06. The molecule has 2 rings (SSSR count). The lowest BCUT2D eigenvalue weighted by atomic mass is 10.1. The second-order valence-electron chi connectivity index (χ2n) is 6.09. The molecule has 146 valence electrons. The van der Waals surface area contributed by atoms with Crippen molar-refractivity contribution in [3.63, 3.8) is 0 Å². The van der Waals surface area contributed by atoms with Gasteiger partial charge in [-0.1, -0.05) is 42.5 Å². The third-order valence-electron chi connectivity index (χ3n) is 3.89. The van der Waals surface area contributed by atoms with Gasteiger partial charge in [0.1, 0.15) is 0 Å². The fourth-order valence-corrected chi connectivity index (χ4v) is 2.48. The number of urea groups is 1. The summed E-state index contributed by atoms with van der Waals surface area (Å²) in [5.74, 6) is -2.08. The fourth-order valence-electron chi connectivity index (χ4n) is 2.48. The molecule has 28 heavy (non-hydrogen) atoms. The minimum absolute atomic E-state index is 0.0196. The standard InChI is InChI=1S/C20H21N3O5/c1-13(17(24)22-20(21)27)28-19(26)16-11-7-6-10-15(16)18(25)23(2)12-14-8-4-3-5-9-14/h3-11,13H,12H2,1-2H3,(H3,21,22,24,27). The highest BCUT2D eigenvalue weighted by atomic mass is 16.5. The molecule has 0 aliphatic heterocycles. The van der Waals surface area contributed by atoms with Crippen LogP contribution in [0.25, 0.3) is 0 Å². The first kappa shape index (κ1) is 20.6. The Bertz CT molecular complexity index is 882. The molecule has 0 spiro atoms. The topological polar surface area (TPSA) is 119 Å². The Labute approximate surface area is 162 Å². The minimum Gasteiger partial charge on any atom is -0.449 e. The summed E-state index contributed by atoms with van der Waals surface area (Å²) in [6, 6.07) is 14.5. The van der Waals surface area contributed by atoms with Gasteiger partial charge in [-0.3, -0.25) is 14.9 Å². The molecule has 0 aliphatic carbocycles. The third-order valence-corrected chi connectivity index (χ3v) is 3.89. The zero-order chi connectivity index (χ0) is 20.7. The van der Waals surface area contributed by atoms with Gasteiger partial charge < -0.3 is 15.4 Å². The Hall–Kier alpha value is -3.68. The van der Waals surface area contributed by atoms with E-state index in [0.29, 0.717) is 6.54 Å². The van der Waals surface area contributed by atoms with Crippen LogP contribution in [0.4, 0.5) is 4.79 Å². The summed E-state index contributed by atoms with van der Waals surface area (Å²) in [5.41, 5.74) is 5.98. The predicted octanol–water partition coefficient (Wildman–Crippen LogP) is 1.70. The number of ether oxygens (including phenoxy) is 1. The first-order valence-electron chi connectivity index (χ1n) is 8.49. The Morgan fingerprint density at radius 2 is 1.57 bits per heavy atom. The van der Waals surface area contributed by atoms with Gasteiger partial charge in [-0.25, -0.2) is 9.59 Å². The molecule has 8 nitrogen and oxygen atoms in total. The van der Waals surface area contributed by atoms with Crippen LogP contribution >= 0.6 is 0 Å². The summed E-state index contributed by atoms with van der Waals surface area (Å²) >= 11 is 0. The first-order chi connectivity index (χ1) is 13.3. The largest absolute Gasteiger partial charge is 0.449 e. The van der Waals surface area contributed by atoms with Crippen LogP contribution in [0, 0.1) is 0 Å².